The summed E-state index contributed by atoms with van der Waals surface area (Å²) in [7, 11) is 0. The molecule has 0 bridgehead atoms. The van der Waals surface area contributed by atoms with Gasteiger partial charge in [-0.15, -0.1) is 0 Å². The fraction of sp³-hybridized carbons (Fsp3) is 0.375. The van der Waals surface area contributed by atoms with Gasteiger partial charge in [0.05, 0.1) is 17.9 Å². The van der Waals surface area contributed by atoms with Crippen LogP contribution in [-0.4, -0.2) is 10.1 Å². The molecule has 1 heterocycles. The van der Waals surface area contributed by atoms with Crippen LogP contribution in [0.1, 0.15) is 23.4 Å². The van der Waals surface area contributed by atoms with E-state index in [1.807, 2.05) is 0 Å². The largest absolute Gasteiger partial charge is 0.433 e. The van der Waals surface area contributed by atoms with E-state index in [1.54, 1.807) is 0 Å². The second-order valence-electron chi connectivity index (χ2n) is 2.81. The molecular formula is C8H5F5INO. The van der Waals surface area contributed by atoms with Gasteiger partial charge < -0.3 is 5.11 Å². The molecule has 1 aromatic heterocycles. The Morgan fingerprint density at radius 1 is 1.38 bits per heavy atom. The van der Waals surface area contributed by atoms with Crippen molar-refractivity contribution in [2.45, 2.75) is 19.2 Å². The van der Waals surface area contributed by atoms with E-state index in [0.717, 1.165) is 6.07 Å². The first-order valence-corrected chi connectivity index (χ1v) is 5.00. The van der Waals surface area contributed by atoms with Crippen LogP contribution in [0.5, 0.6) is 0 Å². The number of hydrogen-bond acceptors (Lipinski definition) is 2. The first-order chi connectivity index (χ1) is 7.27. The lowest BCUT2D eigenvalue weighted by Crippen LogP contribution is -2.15. The highest BCUT2D eigenvalue weighted by atomic mass is 127. The standard InChI is InChI=1S/C8H5F5INO/c9-7(10)5-4(14)1-3(2-16)15-6(5)8(11,12)13/h1,7,16H,2H2. The lowest BCUT2D eigenvalue weighted by Gasteiger charge is -2.14. The van der Waals surface area contributed by atoms with Gasteiger partial charge in [0.25, 0.3) is 6.43 Å². The van der Waals surface area contributed by atoms with Crippen LogP contribution in [0.4, 0.5) is 22.0 Å². The zero-order valence-electron chi connectivity index (χ0n) is 7.52. The van der Waals surface area contributed by atoms with Gasteiger partial charge in [-0.2, -0.15) is 13.2 Å². The van der Waals surface area contributed by atoms with Gasteiger partial charge in [-0.25, -0.2) is 13.8 Å². The SMILES string of the molecule is OCc1cc(I)c(C(F)F)c(C(F)(F)F)n1. The molecule has 0 saturated heterocycles. The first-order valence-electron chi connectivity index (χ1n) is 3.93. The van der Waals surface area contributed by atoms with Crippen molar-refractivity contribution in [2.24, 2.45) is 0 Å². The highest BCUT2D eigenvalue weighted by Gasteiger charge is 2.39. The molecule has 0 amide bonds. The van der Waals surface area contributed by atoms with E-state index in [9.17, 15) is 22.0 Å². The fourth-order valence-corrected chi connectivity index (χ4v) is 1.93. The van der Waals surface area contributed by atoms with Gasteiger partial charge in [0.2, 0.25) is 0 Å². The molecular weight excluding hydrogens is 348 g/mol. The van der Waals surface area contributed by atoms with Crippen LogP contribution in [0.2, 0.25) is 0 Å². The second kappa shape index (κ2) is 4.78. The monoisotopic (exact) mass is 353 g/mol. The molecule has 0 spiro atoms. The molecule has 1 rings (SSSR count). The number of alkyl halides is 5. The van der Waals surface area contributed by atoms with E-state index < -0.39 is 30.5 Å². The van der Waals surface area contributed by atoms with E-state index in [4.69, 9.17) is 5.11 Å². The third kappa shape index (κ3) is 2.78. The van der Waals surface area contributed by atoms with Crippen molar-refractivity contribution in [3.63, 3.8) is 0 Å². The van der Waals surface area contributed by atoms with Gasteiger partial charge in [-0.05, 0) is 28.7 Å². The molecule has 1 N–H and O–H groups in total. The van der Waals surface area contributed by atoms with Gasteiger partial charge in [-0.1, -0.05) is 0 Å². The van der Waals surface area contributed by atoms with Crippen LogP contribution in [0.3, 0.4) is 0 Å². The molecule has 16 heavy (non-hydrogen) atoms. The van der Waals surface area contributed by atoms with Crippen molar-refractivity contribution in [1.29, 1.82) is 0 Å². The summed E-state index contributed by atoms with van der Waals surface area (Å²) in [6, 6.07) is 0.997. The average molecular weight is 353 g/mol. The maximum atomic E-state index is 12.4. The average Bonchev–Trinajstić information content (AvgIpc) is 2.14. The predicted molar refractivity (Wildman–Crippen MR) is 52.8 cm³/mol. The Morgan fingerprint density at radius 3 is 2.31 bits per heavy atom. The van der Waals surface area contributed by atoms with Crippen LogP contribution in [0.15, 0.2) is 6.07 Å². The molecule has 0 unspecified atom stereocenters. The zero-order chi connectivity index (χ0) is 12.5. The predicted octanol–water partition coefficient (Wildman–Crippen LogP) is 3.13. The Morgan fingerprint density at radius 2 is 1.94 bits per heavy atom. The Bertz CT molecular complexity index is 393. The summed E-state index contributed by atoms with van der Waals surface area (Å²) in [4.78, 5) is 2.98. The summed E-state index contributed by atoms with van der Waals surface area (Å²) in [5, 5.41) is 8.66. The third-order valence-corrected chi connectivity index (χ3v) is 2.60. The number of pyridine rings is 1. The normalized spacial score (nSPS) is 12.2. The third-order valence-electron chi connectivity index (χ3n) is 1.71. The highest BCUT2D eigenvalue weighted by Crippen LogP contribution is 2.37. The number of aliphatic hydroxyl groups excluding tert-OH is 1. The molecule has 2 nitrogen and oxygen atoms in total. The molecule has 0 aliphatic heterocycles. The quantitative estimate of drug-likeness (QED) is 0.655. The Balaban J connectivity index is 3.47. The number of aromatic nitrogens is 1. The Hall–Kier alpha value is -0.510. The maximum Gasteiger partial charge on any atom is 0.433 e. The minimum absolute atomic E-state index is 0.265. The molecule has 0 aliphatic carbocycles. The number of rotatable bonds is 2. The van der Waals surface area contributed by atoms with Crippen molar-refractivity contribution in [3.05, 3.63) is 26.6 Å². The smallest absolute Gasteiger partial charge is 0.390 e. The molecule has 0 aliphatic rings. The lowest BCUT2D eigenvalue weighted by atomic mass is 10.1. The molecule has 0 radical (unpaired) electrons. The van der Waals surface area contributed by atoms with Crippen molar-refractivity contribution >= 4 is 22.6 Å². The van der Waals surface area contributed by atoms with Crippen LogP contribution in [0, 0.1) is 3.57 Å². The summed E-state index contributed by atoms with van der Waals surface area (Å²) >= 11 is 1.36. The maximum absolute atomic E-state index is 12.4. The number of hydrogen-bond donors (Lipinski definition) is 1. The van der Waals surface area contributed by atoms with Crippen molar-refractivity contribution in [2.75, 3.05) is 0 Å². The van der Waals surface area contributed by atoms with E-state index in [2.05, 4.69) is 4.98 Å². The fourth-order valence-electron chi connectivity index (χ4n) is 1.08. The van der Waals surface area contributed by atoms with E-state index >= 15 is 0 Å². The number of halogens is 6. The molecule has 0 fully saturated rings. The molecule has 0 aromatic carbocycles. The van der Waals surface area contributed by atoms with E-state index in [1.165, 1.54) is 22.6 Å². The topological polar surface area (TPSA) is 33.1 Å². The number of nitrogens with zero attached hydrogens (tertiary/aromatic N) is 1. The van der Waals surface area contributed by atoms with Crippen molar-refractivity contribution in [1.82, 2.24) is 4.98 Å². The zero-order valence-corrected chi connectivity index (χ0v) is 9.68. The van der Waals surface area contributed by atoms with Crippen molar-refractivity contribution < 1.29 is 27.1 Å². The lowest BCUT2D eigenvalue weighted by molar-refractivity contribution is -0.143. The van der Waals surface area contributed by atoms with Gasteiger partial charge in [-0.3, -0.25) is 0 Å². The summed E-state index contributed by atoms with van der Waals surface area (Å²) in [6.45, 7) is -0.734. The molecule has 0 atom stereocenters. The summed E-state index contributed by atoms with van der Waals surface area (Å²) in [5.41, 5.74) is -3.08. The Kier molecular flexibility index (Phi) is 4.05. The van der Waals surface area contributed by atoms with Crippen LogP contribution >= 0.6 is 22.6 Å². The Labute approximate surface area is 101 Å². The van der Waals surface area contributed by atoms with Gasteiger partial charge in [0.1, 0.15) is 0 Å². The molecule has 0 saturated carbocycles. The second-order valence-corrected chi connectivity index (χ2v) is 3.98. The number of aliphatic hydroxyl groups is 1. The van der Waals surface area contributed by atoms with E-state index in [0.29, 0.717) is 0 Å². The van der Waals surface area contributed by atoms with Crippen LogP contribution < -0.4 is 0 Å². The van der Waals surface area contributed by atoms with Crippen molar-refractivity contribution in [3.8, 4) is 0 Å². The first kappa shape index (κ1) is 13.6. The minimum Gasteiger partial charge on any atom is -0.390 e. The van der Waals surface area contributed by atoms with Crippen LogP contribution in [0.25, 0.3) is 0 Å². The molecule has 8 heteroatoms. The van der Waals surface area contributed by atoms with Gasteiger partial charge >= 0.3 is 6.18 Å². The van der Waals surface area contributed by atoms with Crippen LogP contribution in [-0.2, 0) is 12.8 Å². The van der Waals surface area contributed by atoms with E-state index in [-0.39, 0.29) is 9.26 Å². The minimum atomic E-state index is -4.96. The van der Waals surface area contributed by atoms with Gasteiger partial charge in [0.15, 0.2) is 5.69 Å². The summed E-state index contributed by atoms with van der Waals surface area (Å²) < 4.78 is 61.9. The summed E-state index contributed by atoms with van der Waals surface area (Å²) in [6.07, 6.45) is -8.22. The molecule has 1 aromatic rings. The van der Waals surface area contributed by atoms with Gasteiger partial charge in [0, 0.05) is 3.57 Å². The highest BCUT2D eigenvalue weighted by molar-refractivity contribution is 14.1. The summed E-state index contributed by atoms with van der Waals surface area (Å²) in [5.74, 6) is 0. The molecule has 90 valence electrons.